The fraction of sp³-hybridized carbons (Fsp3) is 0.167. The predicted octanol–water partition coefficient (Wildman–Crippen LogP) is 2.81. The van der Waals surface area contributed by atoms with E-state index in [2.05, 4.69) is 18.1 Å². The summed E-state index contributed by atoms with van der Waals surface area (Å²) in [6.45, 7) is 1.97. The van der Waals surface area contributed by atoms with E-state index >= 15 is 0 Å². The third kappa shape index (κ3) is 2.29. The van der Waals surface area contributed by atoms with Gasteiger partial charge in [-0.15, -0.1) is 6.42 Å². The first-order valence-corrected chi connectivity index (χ1v) is 4.02. The molecule has 0 N–H and O–H groups in total. The summed E-state index contributed by atoms with van der Waals surface area (Å²) in [6, 6.07) is 10.2. The van der Waals surface area contributed by atoms with Crippen LogP contribution in [0.3, 0.4) is 0 Å². The molecule has 1 aromatic carbocycles. The summed E-state index contributed by atoms with van der Waals surface area (Å²) in [5, 5.41) is 0. The second-order valence-electron chi connectivity index (χ2n) is 2.62. The molecular weight excluding hydrogens is 144 g/mol. The van der Waals surface area contributed by atoms with Crippen LogP contribution < -0.4 is 0 Å². The highest BCUT2D eigenvalue weighted by Crippen LogP contribution is 2.06. The molecule has 0 heteroatoms. The van der Waals surface area contributed by atoms with E-state index in [-0.39, 0.29) is 0 Å². The number of rotatable bonds is 2. The van der Waals surface area contributed by atoms with Crippen LogP contribution in [0.15, 0.2) is 42.0 Å². The molecule has 0 bridgehead atoms. The van der Waals surface area contributed by atoms with Crippen LogP contribution in [-0.2, 0) is 6.42 Å². The lowest BCUT2D eigenvalue weighted by Gasteiger charge is -1.98. The molecule has 12 heavy (non-hydrogen) atoms. The third-order valence-electron chi connectivity index (χ3n) is 1.77. The van der Waals surface area contributed by atoms with Gasteiger partial charge in [0.1, 0.15) is 0 Å². The maximum atomic E-state index is 5.31. The van der Waals surface area contributed by atoms with E-state index in [9.17, 15) is 0 Å². The summed E-state index contributed by atoms with van der Waals surface area (Å²) in [5.41, 5.74) is 2.31. The summed E-state index contributed by atoms with van der Waals surface area (Å²) in [6.07, 6.45) is 8.16. The minimum atomic E-state index is 0.869. The van der Waals surface area contributed by atoms with Gasteiger partial charge in [-0.05, 0) is 12.5 Å². The van der Waals surface area contributed by atoms with Gasteiger partial charge in [-0.2, -0.15) is 0 Å². The summed E-state index contributed by atoms with van der Waals surface area (Å²) in [7, 11) is 0. The molecule has 0 aliphatic rings. The Labute approximate surface area is 73.9 Å². The van der Waals surface area contributed by atoms with Crippen molar-refractivity contribution in [2.75, 3.05) is 0 Å². The molecule has 0 aromatic heterocycles. The highest BCUT2D eigenvalue weighted by atomic mass is 14.0. The Kier molecular flexibility index (Phi) is 3.17. The molecule has 60 valence electrons. The van der Waals surface area contributed by atoms with Crippen molar-refractivity contribution in [3.8, 4) is 12.3 Å². The van der Waals surface area contributed by atoms with Gasteiger partial charge in [0.25, 0.3) is 0 Å². The van der Waals surface area contributed by atoms with Crippen LogP contribution in [0.5, 0.6) is 0 Å². The van der Waals surface area contributed by atoms with Gasteiger partial charge >= 0.3 is 0 Å². The van der Waals surface area contributed by atoms with Crippen LogP contribution in [0.1, 0.15) is 12.5 Å². The molecule has 1 rings (SSSR count). The zero-order valence-electron chi connectivity index (χ0n) is 7.25. The topological polar surface area (TPSA) is 0 Å². The lowest BCUT2D eigenvalue weighted by molar-refractivity contribution is 1.21. The van der Waals surface area contributed by atoms with Crippen LogP contribution in [0.4, 0.5) is 0 Å². The first-order chi connectivity index (χ1) is 5.86. The van der Waals surface area contributed by atoms with Gasteiger partial charge < -0.3 is 0 Å². The molecule has 0 nitrogen and oxygen atoms in total. The Morgan fingerprint density at radius 3 is 2.58 bits per heavy atom. The molecule has 0 aliphatic carbocycles. The minimum absolute atomic E-state index is 0.869. The highest BCUT2D eigenvalue weighted by molar-refractivity contribution is 5.31. The molecule has 0 heterocycles. The van der Waals surface area contributed by atoms with Crippen molar-refractivity contribution >= 4 is 0 Å². The van der Waals surface area contributed by atoms with Gasteiger partial charge in [0.15, 0.2) is 0 Å². The quantitative estimate of drug-likeness (QED) is 0.577. The zero-order chi connectivity index (χ0) is 8.81. The Morgan fingerprint density at radius 1 is 1.42 bits per heavy atom. The smallest absolute Gasteiger partial charge is 0.00509 e. The molecule has 0 fully saturated rings. The van der Waals surface area contributed by atoms with Crippen molar-refractivity contribution in [3.63, 3.8) is 0 Å². The van der Waals surface area contributed by atoms with Crippen molar-refractivity contribution in [2.24, 2.45) is 0 Å². The van der Waals surface area contributed by atoms with Gasteiger partial charge in [0.05, 0.1) is 0 Å². The second kappa shape index (κ2) is 4.41. The average Bonchev–Trinajstić information content (AvgIpc) is 2.16. The zero-order valence-corrected chi connectivity index (χ0v) is 7.25. The monoisotopic (exact) mass is 156 g/mol. The molecule has 0 spiro atoms. The van der Waals surface area contributed by atoms with Gasteiger partial charge in [-0.3, -0.25) is 0 Å². The predicted molar refractivity (Wildman–Crippen MR) is 52.7 cm³/mol. The summed E-state index contributed by atoms with van der Waals surface area (Å²) < 4.78 is 0. The van der Waals surface area contributed by atoms with Crippen molar-refractivity contribution < 1.29 is 0 Å². The number of benzene rings is 1. The van der Waals surface area contributed by atoms with E-state index in [1.165, 1.54) is 5.56 Å². The van der Waals surface area contributed by atoms with Crippen LogP contribution in [0.2, 0.25) is 0 Å². The van der Waals surface area contributed by atoms with E-state index in [0.717, 1.165) is 12.0 Å². The highest BCUT2D eigenvalue weighted by Gasteiger charge is 1.93. The van der Waals surface area contributed by atoms with Crippen LogP contribution in [0.25, 0.3) is 0 Å². The average molecular weight is 156 g/mol. The Hall–Kier alpha value is -1.48. The minimum Gasteiger partial charge on any atom is -0.115 e. The van der Waals surface area contributed by atoms with Crippen LogP contribution >= 0.6 is 0 Å². The van der Waals surface area contributed by atoms with Crippen molar-refractivity contribution in [3.05, 3.63) is 47.5 Å². The van der Waals surface area contributed by atoms with E-state index in [0.29, 0.717) is 0 Å². The molecule has 0 amide bonds. The summed E-state index contributed by atoms with van der Waals surface area (Å²) in [4.78, 5) is 0. The van der Waals surface area contributed by atoms with E-state index in [4.69, 9.17) is 6.42 Å². The Bertz CT molecular complexity index is 299. The number of terminal acetylenes is 1. The fourth-order valence-corrected chi connectivity index (χ4v) is 1.05. The van der Waals surface area contributed by atoms with E-state index < -0.39 is 0 Å². The standard InChI is InChI=1S/C12H12/c1-3-11(4-2)10-12-8-6-5-7-9-12/h1,4-9H,10H2,2H3/b11-4-. The maximum absolute atomic E-state index is 5.31. The lowest BCUT2D eigenvalue weighted by Crippen LogP contribution is -1.86. The SMILES string of the molecule is C#C/C(=C/C)Cc1ccccc1. The molecule has 0 saturated carbocycles. The van der Waals surface area contributed by atoms with E-state index in [1.54, 1.807) is 0 Å². The Balaban J connectivity index is 2.72. The number of allylic oxidation sites excluding steroid dienone is 2. The maximum Gasteiger partial charge on any atom is 0.00509 e. The molecule has 1 aromatic rings. The molecule has 0 atom stereocenters. The van der Waals surface area contributed by atoms with Crippen molar-refractivity contribution in [1.29, 1.82) is 0 Å². The normalized spacial score (nSPS) is 10.8. The molecule has 0 radical (unpaired) electrons. The van der Waals surface area contributed by atoms with E-state index in [1.807, 2.05) is 31.2 Å². The van der Waals surface area contributed by atoms with Gasteiger partial charge in [-0.1, -0.05) is 42.3 Å². The van der Waals surface area contributed by atoms with Gasteiger partial charge in [-0.25, -0.2) is 0 Å². The molecular formula is C12H12. The lowest BCUT2D eigenvalue weighted by atomic mass is 10.1. The van der Waals surface area contributed by atoms with Gasteiger partial charge in [0.2, 0.25) is 0 Å². The Morgan fingerprint density at radius 2 is 2.08 bits per heavy atom. The first kappa shape index (κ1) is 8.62. The van der Waals surface area contributed by atoms with Gasteiger partial charge in [0, 0.05) is 12.0 Å². The molecule has 0 saturated heterocycles. The largest absolute Gasteiger partial charge is 0.115 e. The number of hydrogen-bond donors (Lipinski definition) is 0. The fourth-order valence-electron chi connectivity index (χ4n) is 1.05. The third-order valence-corrected chi connectivity index (χ3v) is 1.77. The molecule has 0 unspecified atom stereocenters. The van der Waals surface area contributed by atoms with Crippen LogP contribution in [-0.4, -0.2) is 0 Å². The van der Waals surface area contributed by atoms with Crippen molar-refractivity contribution in [2.45, 2.75) is 13.3 Å². The second-order valence-corrected chi connectivity index (χ2v) is 2.62. The molecule has 0 aliphatic heterocycles. The summed E-state index contributed by atoms with van der Waals surface area (Å²) >= 11 is 0. The first-order valence-electron chi connectivity index (χ1n) is 4.02. The van der Waals surface area contributed by atoms with Crippen LogP contribution in [0, 0.1) is 12.3 Å². The number of hydrogen-bond acceptors (Lipinski definition) is 0. The summed E-state index contributed by atoms with van der Waals surface area (Å²) in [5.74, 6) is 2.66. The van der Waals surface area contributed by atoms with Crippen molar-refractivity contribution in [1.82, 2.24) is 0 Å².